The first-order valence-corrected chi connectivity index (χ1v) is 11.8. The monoisotopic (exact) mass is 475 g/mol. The maximum Gasteiger partial charge on any atom is 0.248 e. The lowest BCUT2D eigenvalue weighted by Gasteiger charge is -2.38. The van der Waals surface area contributed by atoms with E-state index in [4.69, 9.17) is 27.2 Å². The second-order valence-corrected chi connectivity index (χ2v) is 9.25. The molecule has 178 valence electrons. The Hall–Kier alpha value is -4.56. The van der Waals surface area contributed by atoms with Crippen molar-refractivity contribution in [2.45, 2.75) is 24.8 Å². The van der Waals surface area contributed by atoms with Crippen LogP contribution in [0.4, 0.5) is 5.82 Å². The molecule has 0 unspecified atom stereocenters. The zero-order valence-electron chi connectivity index (χ0n) is 19.6. The van der Waals surface area contributed by atoms with E-state index >= 15 is 0 Å². The van der Waals surface area contributed by atoms with Crippen LogP contribution < -0.4 is 17.2 Å². The molecule has 6 N–H and O–H groups in total. The number of nitrogens with zero attached hydrogens (tertiary/aromatic N) is 4. The first kappa shape index (κ1) is 21.9. The minimum absolute atomic E-state index is 0.247. The summed E-state index contributed by atoms with van der Waals surface area (Å²) in [5.41, 5.74) is 24.1. The van der Waals surface area contributed by atoms with E-state index in [-0.39, 0.29) is 5.54 Å². The molecule has 0 atom stereocenters. The number of carbonyl (C=O) groups is 1. The third-order valence-electron chi connectivity index (χ3n) is 6.97. The Morgan fingerprint density at radius 3 is 2.44 bits per heavy atom. The molecular formula is C28H25N7O. The number of benzene rings is 2. The number of nitrogen functional groups attached to an aromatic ring is 1. The van der Waals surface area contributed by atoms with E-state index < -0.39 is 5.91 Å². The highest BCUT2D eigenvalue weighted by molar-refractivity contribution is 5.94. The zero-order valence-corrected chi connectivity index (χ0v) is 19.6. The summed E-state index contributed by atoms with van der Waals surface area (Å²) in [6, 6.07) is 22.9. The maximum atomic E-state index is 11.7. The van der Waals surface area contributed by atoms with Gasteiger partial charge in [-0.3, -0.25) is 9.36 Å². The van der Waals surface area contributed by atoms with Crippen LogP contribution in [0.25, 0.3) is 39.5 Å². The average Bonchev–Trinajstić information content (AvgIpc) is 3.26. The van der Waals surface area contributed by atoms with Gasteiger partial charge in [-0.2, -0.15) is 0 Å². The average molecular weight is 476 g/mol. The summed E-state index contributed by atoms with van der Waals surface area (Å²) >= 11 is 0. The van der Waals surface area contributed by atoms with Crippen molar-refractivity contribution in [1.82, 2.24) is 19.5 Å². The summed E-state index contributed by atoms with van der Waals surface area (Å²) in [7, 11) is 0. The fourth-order valence-corrected chi connectivity index (χ4v) is 4.77. The van der Waals surface area contributed by atoms with Gasteiger partial charge >= 0.3 is 0 Å². The van der Waals surface area contributed by atoms with E-state index in [2.05, 4.69) is 17.1 Å². The molecule has 1 aliphatic rings. The standard InChI is InChI=1S/C28H25N7O/c29-24-21(6-2-15-32-24)26-34-23-12-11-22(17-4-1-5-18(16-17)25(30)36)33-27(23)35(26)20-9-7-19(8-10-20)28(31)13-3-14-28/h1-2,4-12,15-16H,3,13-14,31H2,(H2,29,32)(H2,30,36). The van der Waals surface area contributed by atoms with Gasteiger partial charge in [0.1, 0.15) is 11.3 Å². The summed E-state index contributed by atoms with van der Waals surface area (Å²) in [6.07, 6.45) is 4.79. The Bertz CT molecular complexity index is 1620. The van der Waals surface area contributed by atoms with Gasteiger partial charge in [0.25, 0.3) is 0 Å². The molecule has 1 saturated carbocycles. The zero-order chi connectivity index (χ0) is 24.9. The number of primary amides is 1. The summed E-state index contributed by atoms with van der Waals surface area (Å²) in [4.78, 5) is 25.8. The van der Waals surface area contributed by atoms with Crippen molar-refractivity contribution in [2.75, 3.05) is 5.73 Å². The Labute approximate surface area is 207 Å². The second kappa shape index (κ2) is 8.28. The van der Waals surface area contributed by atoms with Crippen molar-refractivity contribution in [3.05, 3.63) is 90.1 Å². The van der Waals surface area contributed by atoms with Gasteiger partial charge in [-0.05, 0) is 73.4 Å². The van der Waals surface area contributed by atoms with Crippen LogP contribution in [0.3, 0.4) is 0 Å². The van der Waals surface area contributed by atoms with Gasteiger partial charge in [0, 0.05) is 28.6 Å². The third kappa shape index (κ3) is 3.59. The fraction of sp³-hybridized carbons (Fsp3) is 0.143. The predicted octanol–water partition coefficient (Wildman–Crippen LogP) is 4.17. The Morgan fingerprint density at radius 2 is 1.75 bits per heavy atom. The van der Waals surface area contributed by atoms with Crippen LogP contribution in [0.15, 0.2) is 79.0 Å². The second-order valence-electron chi connectivity index (χ2n) is 9.25. The number of nitrogens with two attached hydrogens (primary N) is 3. The molecule has 1 fully saturated rings. The highest BCUT2D eigenvalue weighted by Gasteiger charge is 2.34. The molecule has 0 saturated heterocycles. The largest absolute Gasteiger partial charge is 0.383 e. The number of fused-ring (bicyclic) bond motifs is 1. The maximum absolute atomic E-state index is 11.7. The van der Waals surface area contributed by atoms with Gasteiger partial charge in [0.15, 0.2) is 11.5 Å². The van der Waals surface area contributed by atoms with E-state index in [1.165, 1.54) is 0 Å². The van der Waals surface area contributed by atoms with Crippen molar-refractivity contribution in [1.29, 1.82) is 0 Å². The van der Waals surface area contributed by atoms with Crippen molar-refractivity contribution in [3.8, 4) is 28.3 Å². The molecule has 0 spiro atoms. The van der Waals surface area contributed by atoms with E-state index in [0.717, 1.165) is 36.1 Å². The molecule has 3 heterocycles. The van der Waals surface area contributed by atoms with Crippen molar-refractivity contribution in [2.24, 2.45) is 11.5 Å². The molecule has 1 aliphatic carbocycles. The summed E-state index contributed by atoms with van der Waals surface area (Å²) < 4.78 is 1.98. The lowest BCUT2D eigenvalue weighted by Crippen LogP contribution is -2.43. The number of carbonyl (C=O) groups excluding carboxylic acids is 1. The smallest absolute Gasteiger partial charge is 0.248 e. The Balaban J connectivity index is 1.55. The van der Waals surface area contributed by atoms with Crippen LogP contribution in [0.1, 0.15) is 35.2 Å². The molecule has 2 aromatic carbocycles. The number of imidazole rings is 1. The van der Waals surface area contributed by atoms with Crippen LogP contribution >= 0.6 is 0 Å². The first-order valence-electron chi connectivity index (χ1n) is 11.8. The molecule has 5 aromatic rings. The van der Waals surface area contributed by atoms with Gasteiger partial charge in [-0.1, -0.05) is 24.3 Å². The lowest BCUT2D eigenvalue weighted by atomic mass is 9.73. The molecule has 6 rings (SSSR count). The Kier molecular flexibility index (Phi) is 5.05. The third-order valence-corrected chi connectivity index (χ3v) is 6.97. The number of amides is 1. The highest BCUT2D eigenvalue weighted by Crippen LogP contribution is 2.39. The quantitative estimate of drug-likeness (QED) is 0.349. The fourth-order valence-electron chi connectivity index (χ4n) is 4.77. The van der Waals surface area contributed by atoms with Crippen LogP contribution in [0.5, 0.6) is 0 Å². The van der Waals surface area contributed by atoms with Crippen LogP contribution in [0, 0.1) is 0 Å². The van der Waals surface area contributed by atoms with Gasteiger partial charge in [0.2, 0.25) is 5.91 Å². The van der Waals surface area contributed by atoms with Crippen molar-refractivity contribution in [3.63, 3.8) is 0 Å². The molecular weight excluding hydrogens is 450 g/mol. The van der Waals surface area contributed by atoms with Gasteiger partial charge in [-0.15, -0.1) is 0 Å². The summed E-state index contributed by atoms with van der Waals surface area (Å²) in [6.45, 7) is 0. The van der Waals surface area contributed by atoms with Crippen LogP contribution in [0.2, 0.25) is 0 Å². The molecule has 8 heteroatoms. The first-order chi connectivity index (χ1) is 17.4. The van der Waals surface area contributed by atoms with Crippen LogP contribution in [-0.4, -0.2) is 25.4 Å². The number of pyridine rings is 2. The van der Waals surface area contributed by atoms with E-state index in [9.17, 15) is 4.79 Å². The van der Waals surface area contributed by atoms with Gasteiger partial charge < -0.3 is 17.2 Å². The minimum atomic E-state index is -0.485. The molecule has 3 aromatic heterocycles. The number of hydrogen-bond donors (Lipinski definition) is 3. The number of hydrogen-bond acceptors (Lipinski definition) is 6. The number of rotatable bonds is 5. The van der Waals surface area contributed by atoms with Crippen molar-refractivity contribution >= 4 is 22.9 Å². The molecule has 0 radical (unpaired) electrons. The normalized spacial score (nSPS) is 14.5. The van der Waals surface area contributed by atoms with Crippen LogP contribution in [-0.2, 0) is 5.54 Å². The van der Waals surface area contributed by atoms with E-state index in [0.29, 0.717) is 39.6 Å². The molecule has 36 heavy (non-hydrogen) atoms. The van der Waals surface area contributed by atoms with E-state index in [1.54, 1.807) is 24.4 Å². The number of aromatic nitrogens is 4. The highest BCUT2D eigenvalue weighted by atomic mass is 16.1. The minimum Gasteiger partial charge on any atom is -0.383 e. The molecule has 0 bridgehead atoms. The predicted molar refractivity (Wildman–Crippen MR) is 140 cm³/mol. The topological polar surface area (TPSA) is 139 Å². The summed E-state index contributed by atoms with van der Waals surface area (Å²) in [5.74, 6) is 0.543. The molecule has 0 aliphatic heterocycles. The van der Waals surface area contributed by atoms with Crippen molar-refractivity contribution < 1.29 is 4.79 Å². The SMILES string of the molecule is NC(=O)c1cccc(-c2ccc3nc(-c4cccnc4N)n(-c4ccc(C5(N)CCC5)cc4)c3n2)c1. The van der Waals surface area contributed by atoms with Gasteiger partial charge in [-0.25, -0.2) is 15.0 Å². The summed E-state index contributed by atoms with van der Waals surface area (Å²) in [5, 5.41) is 0. The van der Waals surface area contributed by atoms with E-state index in [1.807, 2.05) is 47.0 Å². The number of anilines is 1. The molecule has 1 amide bonds. The lowest BCUT2D eigenvalue weighted by molar-refractivity contribution is 0.100. The Morgan fingerprint density at radius 1 is 0.944 bits per heavy atom. The van der Waals surface area contributed by atoms with Gasteiger partial charge in [0.05, 0.1) is 11.3 Å². The molecule has 8 nitrogen and oxygen atoms in total.